The number of halogens is 3. The molecule has 1 aromatic carbocycles. The van der Waals surface area contributed by atoms with Crippen molar-refractivity contribution in [3.8, 4) is 0 Å². The van der Waals surface area contributed by atoms with Crippen molar-refractivity contribution >= 4 is 17.3 Å². The molecule has 1 heterocycles. The van der Waals surface area contributed by atoms with Gasteiger partial charge in [-0.15, -0.1) is 0 Å². The minimum absolute atomic E-state index is 0.0158. The second-order valence-corrected chi connectivity index (χ2v) is 4.13. The zero-order valence-electron chi connectivity index (χ0n) is 9.75. The number of nitrogens with zero attached hydrogens (tertiary/aromatic N) is 2. The Balaban J connectivity index is 2.16. The van der Waals surface area contributed by atoms with Gasteiger partial charge < -0.3 is 9.88 Å². The van der Waals surface area contributed by atoms with Crippen LogP contribution in [-0.4, -0.2) is 9.55 Å². The molecule has 0 aliphatic rings. The van der Waals surface area contributed by atoms with Crippen LogP contribution in [0, 0.1) is 11.6 Å². The molecule has 0 atom stereocenters. The van der Waals surface area contributed by atoms with Crippen molar-refractivity contribution in [3.05, 3.63) is 47.0 Å². The molecule has 0 fully saturated rings. The van der Waals surface area contributed by atoms with Gasteiger partial charge >= 0.3 is 0 Å². The molecule has 0 amide bonds. The van der Waals surface area contributed by atoms with E-state index in [0.29, 0.717) is 6.54 Å². The van der Waals surface area contributed by atoms with Crippen LogP contribution in [0.5, 0.6) is 0 Å². The SMILES string of the molecule is CCn1ccnc1CNc1c(F)cc(F)cc1Cl. The Hall–Kier alpha value is -1.62. The highest BCUT2D eigenvalue weighted by molar-refractivity contribution is 6.33. The third kappa shape index (κ3) is 2.61. The summed E-state index contributed by atoms with van der Waals surface area (Å²) in [7, 11) is 0. The van der Waals surface area contributed by atoms with E-state index in [4.69, 9.17) is 11.6 Å². The summed E-state index contributed by atoms with van der Waals surface area (Å²) in [6.07, 6.45) is 3.50. The van der Waals surface area contributed by atoms with Gasteiger partial charge in [0.25, 0.3) is 0 Å². The van der Waals surface area contributed by atoms with Crippen molar-refractivity contribution in [2.45, 2.75) is 20.0 Å². The summed E-state index contributed by atoms with van der Waals surface area (Å²) >= 11 is 5.78. The molecule has 0 bridgehead atoms. The Morgan fingerprint density at radius 2 is 2.17 bits per heavy atom. The third-order valence-corrected chi connectivity index (χ3v) is 2.87. The van der Waals surface area contributed by atoms with Gasteiger partial charge in [-0.05, 0) is 13.0 Å². The predicted molar refractivity (Wildman–Crippen MR) is 66.6 cm³/mol. The van der Waals surface area contributed by atoms with Crippen LogP contribution in [0.4, 0.5) is 14.5 Å². The van der Waals surface area contributed by atoms with Gasteiger partial charge in [0.1, 0.15) is 11.6 Å². The van der Waals surface area contributed by atoms with E-state index in [0.717, 1.165) is 24.5 Å². The third-order valence-electron chi connectivity index (χ3n) is 2.57. The van der Waals surface area contributed by atoms with Crippen LogP contribution in [0.25, 0.3) is 0 Å². The Morgan fingerprint density at radius 1 is 1.39 bits per heavy atom. The molecule has 3 nitrogen and oxygen atoms in total. The summed E-state index contributed by atoms with van der Waals surface area (Å²) in [4.78, 5) is 4.14. The lowest BCUT2D eigenvalue weighted by molar-refractivity contribution is 0.584. The second-order valence-electron chi connectivity index (χ2n) is 3.73. The Kier molecular flexibility index (Phi) is 3.81. The van der Waals surface area contributed by atoms with E-state index in [-0.39, 0.29) is 10.7 Å². The summed E-state index contributed by atoms with van der Waals surface area (Å²) in [6.45, 7) is 3.08. The highest BCUT2D eigenvalue weighted by Crippen LogP contribution is 2.26. The van der Waals surface area contributed by atoms with Gasteiger partial charge in [0.05, 0.1) is 17.3 Å². The van der Waals surface area contributed by atoms with Gasteiger partial charge in [0, 0.05) is 25.0 Å². The van der Waals surface area contributed by atoms with Gasteiger partial charge in [-0.3, -0.25) is 0 Å². The maximum Gasteiger partial charge on any atom is 0.150 e. The largest absolute Gasteiger partial charge is 0.374 e. The Bertz CT molecular complexity index is 531. The van der Waals surface area contributed by atoms with E-state index in [1.807, 2.05) is 17.7 Å². The fourth-order valence-corrected chi connectivity index (χ4v) is 1.93. The number of benzene rings is 1. The van der Waals surface area contributed by atoms with Gasteiger partial charge in [-0.1, -0.05) is 11.6 Å². The zero-order valence-corrected chi connectivity index (χ0v) is 10.5. The van der Waals surface area contributed by atoms with E-state index in [1.165, 1.54) is 0 Å². The maximum atomic E-state index is 13.5. The lowest BCUT2D eigenvalue weighted by Gasteiger charge is -2.10. The molecule has 2 aromatic rings. The van der Waals surface area contributed by atoms with Gasteiger partial charge in [0.2, 0.25) is 0 Å². The van der Waals surface area contributed by atoms with Crippen molar-refractivity contribution in [1.82, 2.24) is 9.55 Å². The molecule has 0 saturated heterocycles. The van der Waals surface area contributed by atoms with Crippen LogP contribution in [-0.2, 0) is 13.1 Å². The summed E-state index contributed by atoms with van der Waals surface area (Å²) in [5.74, 6) is -0.648. The number of aryl methyl sites for hydroxylation is 1. The minimum Gasteiger partial charge on any atom is -0.374 e. The number of anilines is 1. The fraction of sp³-hybridized carbons (Fsp3) is 0.250. The van der Waals surface area contributed by atoms with Crippen LogP contribution in [0.15, 0.2) is 24.5 Å². The number of nitrogens with one attached hydrogen (secondary N) is 1. The van der Waals surface area contributed by atoms with Gasteiger partial charge in [-0.25, -0.2) is 13.8 Å². The van der Waals surface area contributed by atoms with Crippen molar-refractivity contribution in [2.24, 2.45) is 0 Å². The maximum absolute atomic E-state index is 13.5. The van der Waals surface area contributed by atoms with E-state index in [9.17, 15) is 8.78 Å². The second kappa shape index (κ2) is 5.35. The first-order valence-electron chi connectivity index (χ1n) is 5.50. The monoisotopic (exact) mass is 271 g/mol. The van der Waals surface area contributed by atoms with Gasteiger partial charge in [0.15, 0.2) is 5.82 Å². The summed E-state index contributed by atoms with van der Waals surface area (Å²) in [5.41, 5.74) is 0.0868. The van der Waals surface area contributed by atoms with Crippen LogP contribution >= 0.6 is 11.6 Å². The van der Waals surface area contributed by atoms with Crippen molar-refractivity contribution < 1.29 is 8.78 Å². The first-order valence-corrected chi connectivity index (χ1v) is 5.88. The normalized spacial score (nSPS) is 10.7. The number of aromatic nitrogens is 2. The average molecular weight is 272 g/mol. The predicted octanol–water partition coefficient (Wildman–Crippen LogP) is 3.45. The van der Waals surface area contributed by atoms with E-state index in [2.05, 4.69) is 10.3 Å². The Morgan fingerprint density at radius 3 is 2.83 bits per heavy atom. The van der Waals surface area contributed by atoms with Crippen LogP contribution < -0.4 is 5.32 Å². The fourth-order valence-electron chi connectivity index (χ4n) is 1.67. The van der Waals surface area contributed by atoms with Crippen LogP contribution in [0.2, 0.25) is 5.02 Å². The molecule has 0 aliphatic heterocycles. The lowest BCUT2D eigenvalue weighted by Crippen LogP contribution is -2.09. The van der Waals surface area contributed by atoms with Crippen LogP contribution in [0.1, 0.15) is 12.7 Å². The molecule has 2 rings (SSSR count). The Labute approximate surface area is 108 Å². The molecule has 96 valence electrons. The standard InChI is InChI=1S/C12H12ClF2N3/c1-2-18-4-3-16-11(18)7-17-12-9(13)5-8(14)6-10(12)15/h3-6,17H,2,7H2,1H3. The summed E-state index contributed by atoms with van der Waals surface area (Å²) in [6, 6.07) is 1.86. The number of hydrogen-bond acceptors (Lipinski definition) is 2. The molecule has 1 aromatic heterocycles. The first-order chi connectivity index (χ1) is 8.61. The van der Waals surface area contributed by atoms with Crippen LogP contribution in [0.3, 0.4) is 0 Å². The number of rotatable bonds is 4. The summed E-state index contributed by atoms with van der Waals surface area (Å²) in [5, 5.41) is 2.84. The molecule has 0 aliphatic carbocycles. The zero-order chi connectivity index (χ0) is 13.1. The number of hydrogen-bond donors (Lipinski definition) is 1. The van der Waals surface area contributed by atoms with Gasteiger partial charge in [-0.2, -0.15) is 0 Å². The molecular formula is C12H12ClF2N3. The molecule has 6 heteroatoms. The highest BCUT2D eigenvalue weighted by atomic mass is 35.5. The quantitative estimate of drug-likeness (QED) is 0.923. The molecule has 18 heavy (non-hydrogen) atoms. The topological polar surface area (TPSA) is 29.9 Å². The molecular weight excluding hydrogens is 260 g/mol. The van der Waals surface area contributed by atoms with Crippen molar-refractivity contribution in [3.63, 3.8) is 0 Å². The molecule has 0 saturated carbocycles. The molecule has 0 radical (unpaired) electrons. The highest BCUT2D eigenvalue weighted by Gasteiger charge is 2.10. The minimum atomic E-state index is -0.713. The molecule has 1 N–H and O–H groups in total. The average Bonchev–Trinajstić information content (AvgIpc) is 2.75. The van der Waals surface area contributed by atoms with E-state index >= 15 is 0 Å². The van der Waals surface area contributed by atoms with E-state index in [1.54, 1.807) is 6.20 Å². The molecule has 0 spiro atoms. The summed E-state index contributed by atoms with van der Waals surface area (Å²) < 4.78 is 28.3. The van der Waals surface area contributed by atoms with Crippen molar-refractivity contribution in [1.29, 1.82) is 0 Å². The molecule has 0 unspecified atom stereocenters. The van der Waals surface area contributed by atoms with Crippen molar-refractivity contribution in [2.75, 3.05) is 5.32 Å². The first kappa shape index (κ1) is 12.8. The van der Waals surface area contributed by atoms with E-state index < -0.39 is 11.6 Å². The number of imidazole rings is 1. The smallest absolute Gasteiger partial charge is 0.150 e. The lowest BCUT2D eigenvalue weighted by atomic mass is 10.3.